The van der Waals surface area contributed by atoms with Crippen LogP contribution in [0, 0.1) is 40.4 Å². The van der Waals surface area contributed by atoms with E-state index < -0.39 is 6.29 Å². The van der Waals surface area contributed by atoms with Crippen LogP contribution in [0.2, 0.25) is 0 Å². The molecule has 0 aliphatic heterocycles. The van der Waals surface area contributed by atoms with E-state index >= 15 is 0 Å². The third-order valence-corrected chi connectivity index (χ3v) is 9.27. The molecule has 0 spiro atoms. The SMILES string of the molecule is C[C@]12CCCC[C@H]1CC[C@@H]1[C@@H]2CC[C@]2(C)[C@@H](CC(O)O)CC[C@@H]12. The van der Waals surface area contributed by atoms with Gasteiger partial charge in [-0.05, 0) is 91.8 Å². The Kier molecular flexibility index (Phi) is 4.08. The standard InChI is InChI=1S/C21H36O2/c1-20-11-4-3-5-14(20)6-8-16-17-9-7-15(13-19(22)23)21(17,2)12-10-18(16)20/h14-19,22-23H,3-13H2,1-2H3/t14-,15+,16-,17-,18-,20-,21+/m0/s1. The Hall–Kier alpha value is -0.0800. The summed E-state index contributed by atoms with van der Waals surface area (Å²) in [4.78, 5) is 0. The molecule has 4 saturated carbocycles. The van der Waals surface area contributed by atoms with E-state index in [9.17, 15) is 10.2 Å². The lowest BCUT2D eigenvalue weighted by Crippen LogP contribution is -2.52. The average Bonchev–Trinajstić information content (AvgIpc) is 2.83. The zero-order valence-corrected chi connectivity index (χ0v) is 15.1. The van der Waals surface area contributed by atoms with E-state index in [1.54, 1.807) is 0 Å². The minimum atomic E-state index is -1.11. The molecule has 7 atom stereocenters. The van der Waals surface area contributed by atoms with E-state index in [2.05, 4.69) is 13.8 Å². The van der Waals surface area contributed by atoms with Crippen molar-refractivity contribution in [2.45, 2.75) is 90.8 Å². The maximum Gasteiger partial charge on any atom is 0.151 e. The first kappa shape index (κ1) is 16.4. The van der Waals surface area contributed by atoms with Crippen molar-refractivity contribution >= 4 is 0 Å². The van der Waals surface area contributed by atoms with Crippen LogP contribution >= 0.6 is 0 Å². The van der Waals surface area contributed by atoms with E-state index in [0.717, 1.165) is 23.7 Å². The fourth-order valence-corrected chi connectivity index (χ4v) is 8.05. The first-order chi connectivity index (χ1) is 10.9. The summed E-state index contributed by atoms with van der Waals surface area (Å²) in [6, 6.07) is 0. The smallest absolute Gasteiger partial charge is 0.151 e. The molecule has 2 heteroatoms. The molecule has 4 aliphatic rings. The molecule has 0 heterocycles. The fourth-order valence-electron chi connectivity index (χ4n) is 8.05. The summed E-state index contributed by atoms with van der Waals surface area (Å²) in [5.41, 5.74) is 1.000. The molecule has 4 fully saturated rings. The van der Waals surface area contributed by atoms with Gasteiger partial charge in [0.1, 0.15) is 0 Å². The Morgan fingerprint density at radius 2 is 1.61 bits per heavy atom. The van der Waals surface area contributed by atoms with Crippen LogP contribution in [0.1, 0.15) is 84.5 Å². The first-order valence-electron chi connectivity index (χ1n) is 10.3. The van der Waals surface area contributed by atoms with E-state index in [-0.39, 0.29) is 0 Å². The maximum atomic E-state index is 9.50. The highest BCUT2D eigenvalue weighted by Gasteiger charge is 2.59. The minimum Gasteiger partial charge on any atom is -0.368 e. The van der Waals surface area contributed by atoms with Crippen LogP contribution in [0.25, 0.3) is 0 Å². The maximum absolute atomic E-state index is 9.50. The van der Waals surface area contributed by atoms with E-state index in [0.29, 0.717) is 23.2 Å². The van der Waals surface area contributed by atoms with Crippen molar-refractivity contribution in [3.05, 3.63) is 0 Å². The summed E-state index contributed by atoms with van der Waals surface area (Å²) in [6.07, 6.45) is 13.6. The first-order valence-corrected chi connectivity index (χ1v) is 10.3. The minimum absolute atomic E-state index is 0.378. The van der Waals surface area contributed by atoms with Crippen LogP contribution in [0.5, 0.6) is 0 Å². The molecule has 0 aromatic heterocycles. The number of aliphatic hydroxyl groups excluding tert-OH is 1. The molecule has 23 heavy (non-hydrogen) atoms. The molecule has 0 amide bonds. The highest BCUT2D eigenvalue weighted by molar-refractivity contribution is 5.08. The van der Waals surface area contributed by atoms with Crippen LogP contribution in [0.4, 0.5) is 0 Å². The Bertz CT molecular complexity index is 447. The highest BCUT2D eigenvalue weighted by Crippen LogP contribution is 2.67. The Morgan fingerprint density at radius 3 is 2.39 bits per heavy atom. The van der Waals surface area contributed by atoms with Gasteiger partial charge in [-0.1, -0.05) is 26.7 Å². The van der Waals surface area contributed by atoms with Gasteiger partial charge in [-0.3, -0.25) is 0 Å². The fraction of sp³-hybridized carbons (Fsp3) is 1.00. The quantitative estimate of drug-likeness (QED) is 0.722. The van der Waals surface area contributed by atoms with E-state index in [1.165, 1.54) is 64.2 Å². The number of hydrogen-bond donors (Lipinski definition) is 2. The predicted octanol–water partition coefficient (Wildman–Crippen LogP) is 4.74. The Morgan fingerprint density at radius 1 is 0.826 bits per heavy atom. The van der Waals surface area contributed by atoms with Crippen molar-refractivity contribution < 1.29 is 10.2 Å². The molecule has 0 saturated heterocycles. The summed E-state index contributed by atoms with van der Waals surface area (Å²) in [6.45, 7) is 5.13. The van der Waals surface area contributed by atoms with Gasteiger partial charge in [-0.25, -0.2) is 0 Å². The molecule has 4 rings (SSSR count). The highest BCUT2D eigenvalue weighted by atomic mass is 16.5. The van der Waals surface area contributed by atoms with Crippen LogP contribution in [0.3, 0.4) is 0 Å². The number of hydrogen-bond acceptors (Lipinski definition) is 2. The van der Waals surface area contributed by atoms with E-state index in [1.807, 2.05) is 0 Å². The van der Waals surface area contributed by atoms with Crippen molar-refractivity contribution in [3.63, 3.8) is 0 Å². The Balaban J connectivity index is 1.57. The second kappa shape index (κ2) is 5.73. The number of aliphatic hydroxyl groups is 2. The normalized spacial score (nSPS) is 52.8. The molecule has 2 nitrogen and oxygen atoms in total. The molecular formula is C21H36O2. The molecule has 0 aromatic carbocycles. The monoisotopic (exact) mass is 320 g/mol. The van der Waals surface area contributed by atoms with Crippen LogP contribution in [0.15, 0.2) is 0 Å². The summed E-state index contributed by atoms with van der Waals surface area (Å²) in [5, 5.41) is 19.0. The van der Waals surface area contributed by atoms with Crippen LogP contribution in [-0.2, 0) is 0 Å². The largest absolute Gasteiger partial charge is 0.368 e. The topological polar surface area (TPSA) is 40.5 Å². The predicted molar refractivity (Wildman–Crippen MR) is 92.7 cm³/mol. The van der Waals surface area contributed by atoms with Crippen molar-refractivity contribution in [2.24, 2.45) is 40.4 Å². The van der Waals surface area contributed by atoms with Crippen molar-refractivity contribution in [3.8, 4) is 0 Å². The van der Waals surface area contributed by atoms with Gasteiger partial charge in [0.15, 0.2) is 6.29 Å². The third kappa shape index (κ3) is 2.42. The summed E-state index contributed by atoms with van der Waals surface area (Å²) >= 11 is 0. The molecule has 4 aliphatic carbocycles. The molecule has 0 radical (unpaired) electrons. The second-order valence-corrected chi connectivity index (χ2v) is 9.94. The lowest BCUT2D eigenvalue weighted by Gasteiger charge is -2.60. The lowest BCUT2D eigenvalue weighted by atomic mass is 9.45. The lowest BCUT2D eigenvalue weighted by molar-refractivity contribution is -0.121. The molecule has 0 bridgehead atoms. The number of rotatable bonds is 2. The molecule has 132 valence electrons. The van der Waals surface area contributed by atoms with Gasteiger partial charge in [0.25, 0.3) is 0 Å². The van der Waals surface area contributed by atoms with E-state index in [4.69, 9.17) is 0 Å². The van der Waals surface area contributed by atoms with Crippen LogP contribution < -0.4 is 0 Å². The third-order valence-electron chi connectivity index (χ3n) is 9.27. The molecule has 0 aromatic rings. The van der Waals surface area contributed by atoms with Gasteiger partial charge in [0.2, 0.25) is 0 Å². The van der Waals surface area contributed by atoms with Gasteiger partial charge in [0.05, 0.1) is 0 Å². The summed E-state index contributed by atoms with van der Waals surface area (Å²) < 4.78 is 0. The molecular weight excluding hydrogens is 284 g/mol. The van der Waals surface area contributed by atoms with Gasteiger partial charge >= 0.3 is 0 Å². The van der Waals surface area contributed by atoms with Crippen molar-refractivity contribution in [1.29, 1.82) is 0 Å². The Labute approximate surface area is 142 Å². The average molecular weight is 321 g/mol. The van der Waals surface area contributed by atoms with Gasteiger partial charge in [-0.2, -0.15) is 0 Å². The number of fused-ring (bicyclic) bond motifs is 5. The summed E-state index contributed by atoms with van der Waals surface area (Å²) in [5.74, 6) is 4.26. The van der Waals surface area contributed by atoms with Crippen molar-refractivity contribution in [1.82, 2.24) is 0 Å². The molecule has 2 N–H and O–H groups in total. The van der Waals surface area contributed by atoms with Gasteiger partial charge < -0.3 is 10.2 Å². The van der Waals surface area contributed by atoms with Gasteiger partial charge in [0, 0.05) is 6.42 Å². The van der Waals surface area contributed by atoms with Gasteiger partial charge in [-0.15, -0.1) is 0 Å². The second-order valence-electron chi connectivity index (χ2n) is 9.94. The zero-order valence-electron chi connectivity index (χ0n) is 15.1. The summed E-state index contributed by atoms with van der Waals surface area (Å²) in [7, 11) is 0. The van der Waals surface area contributed by atoms with Crippen LogP contribution in [-0.4, -0.2) is 16.5 Å². The molecule has 0 unspecified atom stereocenters. The zero-order chi connectivity index (χ0) is 16.2. The van der Waals surface area contributed by atoms with Crippen molar-refractivity contribution in [2.75, 3.05) is 0 Å².